The monoisotopic (exact) mass is 396 g/mol. The highest BCUT2D eigenvalue weighted by molar-refractivity contribution is 6.00. The van der Waals surface area contributed by atoms with E-state index in [1.807, 2.05) is 5.01 Å². The minimum atomic E-state index is -0.573. The number of ketones is 1. The van der Waals surface area contributed by atoms with Gasteiger partial charge in [-0.15, -0.1) is 0 Å². The number of nitrogens with two attached hydrogens (primary N) is 1. The van der Waals surface area contributed by atoms with Crippen LogP contribution in [0.2, 0.25) is 0 Å². The van der Waals surface area contributed by atoms with Crippen molar-refractivity contribution in [2.75, 3.05) is 26.3 Å². The predicted octanol–water partition coefficient (Wildman–Crippen LogP) is 2.81. The van der Waals surface area contributed by atoms with Crippen LogP contribution in [0.4, 0.5) is 4.39 Å². The number of nitrogens with zero attached hydrogens (tertiary/aromatic N) is 3. The number of halogens is 1. The molecule has 1 saturated heterocycles. The molecular formula is C22H25FN4O2. The van der Waals surface area contributed by atoms with Gasteiger partial charge in [0, 0.05) is 30.8 Å². The maximum atomic E-state index is 13.5. The van der Waals surface area contributed by atoms with Crippen molar-refractivity contribution in [3.63, 3.8) is 0 Å². The fraction of sp³-hybridized carbons (Fsp3) is 0.455. The van der Waals surface area contributed by atoms with Crippen LogP contribution in [0.1, 0.15) is 38.2 Å². The molecule has 2 aliphatic heterocycles. The largest absolute Gasteiger partial charge is 0.383 e. The number of ether oxygens (including phenoxy) is 1. The molecule has 29 heavy (non-hydrogen) atoms. The average Bonchev–Trinajstić information content (AvgIpc) is 2.67. The van der Waals surface area contributed by atoms with Crippen molar-refractivity contribution in [1.29, 1.82) is 5.26 Å². The molecule has 6 nitrogen and oxygen atoms in total. The molecule has 1 fully saturated rings. The first-order valence-electron chi connectivity index (χ1n) is 9.86. The van der Waals surface area contributed by atoms with Crippen LogP contribution < -0.4 is 5.73 Å². The first kappa shape index (κ1) is 19.6. The number of benzene rings is 1. The van der Waals surface area contributed by atoms with Crippen molar-refractivity contribution in [1.82, 2.24) is 10.0 Å². The molecule has 152 valence electrons. The molecule has 0 radical (unpaired) electrons. The topological polar surface area (TPSA) is 82.6 Å². The van der Waals surface area contributed by atoms with Gasteiger partial charge in [-0.1, -0.05) is 26.0 Å². The second-order valence-electron chi connectivity index (χ2n) is 8.57. The molecule has 2 heterocycles. The Bertz CT molecular complexity index is 937. The summed E-state index contributed by atoms with van der Waals surface area (Å²) in [5, 5.41) is 13.9. The lowest BCUT2D eigenvalue weighted by molar-refractivity contribution is -0.119. The van der Waals surface area contributed by atoms with E-state index in [-0.39, 0.29) is 17.0 Å². The van der Waals surface area contributed by atoms with Crippen LogP contribution in [0.15, 0.2) is 46.9 Å². The Balaban J connectivity index is 1.91. The molecule has 0 amide bonds. The quantitative estimate of drug-likeness (QED) is 0.828. The molecule has 1 atom stereocenters. The lowest BCUT2D eigenvalue weighted by Gasteiger charge is -2.48. The molecule has 0 spiro atoms. The number of rotatable bonds is 2. The van der Waals surface area contributed by atoms with Gasteiger partial charge in [0.15, 0.2) is 5.78 Å². The highest BCUT2D eigenvalue weighted by Gasteiger charge is 2.45. The van der Waals surface area contributed by atoms with Crippen LogP contribution in [-0.2, 0) is 9.53 Å². The third-order valence-electron chi connectivity index (χ3n) is 5.83. The molecule has 4 rings (SSSR count). The number of morpholine rings is 1. The van der Waals surface area contributed by atoms with Gasteiger partial charge in [0.1, 0.15) is 11.6 Å². The van der Waals surface area contributed by atoms with Crippen molar-refractivity contribution in [2.24, 2.45) is 11.1 Å². The van der Waals surface area contributed by atoms with E-state index in [4.69, 9.17) is 10.5 Å². The van der Waals surface area contributed by atoms with Crippen molar-refractivity contribution in [3.05, 3.63) is 58.3 Å². The number of carbonyl (C=O) groups is 1. The Morgan fingerprint density at radius 3 is 2.48 bits per heavy atom. The van der Waals surface area contributed by atoms with Crippen molar-refractivity contribution in [3.8, 4) is 6.07 Å². The second kappa shape index (κ2) is 7.29. The van der Waals surface area contributed by atoms with Crippen LogP contribution in [0.25, 0.3) is 0 Å². The Kier molecular flexibility index (Phi) is 4.93. The molecule has 1 aliphatic carbocycles. The summed E-state index contributed by atoms with van der Waals surface area (Å²) in [7, 11) is 0. The predicted molar refractivity (Wildman–Crippen MR) is 105 cm³/mol. The van der Waals surface area contributed by atoms with Gasteiger partial charge in [0.25, 0.3) is 0 Å². The number of hydrogen-bond donors (Lipinski definition) is 1. The number of carbonyl (C=O) groups excluding carboxylic acids is 1. The van der Waals surface area contributed by atoms with Crippen molar-refractivity contribution >= 4 is 5.78 Å². The van der Waals surface area contributed by atoms with Crippen LogP contribution in [-0.4, -0.2) is 42.1 Å². The van der Waals surface area contributed by atoms with E-state index in [2.05, 4.69) is 24.9 Å². The number of hydrogen-bond acceptors (Lipinski definition) is 6. The summed E-state index contributed by atoms with van der Waals surface area (Å²) < 4.78 is 19.0. The fourth-order valence-electron chi connectivity index (χ4n) is 4.56. The summed E-state index contributed by atoms with van der Waals surface area (Å²) in [5.41, 5.74) is 8.82. The van der Waals surface area contributed by atoms with E-state index in [9.17, 15) is 14.4 Å². The van der Waals surface area contributed by atoms with E-state index >= 15 is 0 Å². The van der Waals surface area contributed by atoms with Crippen LogP contribution in [0.5, 0.6) is 0 Å². The molecule has 0 aromatic heterocycles. The molecule has 1 aromatic rings. The maximum Gasteiger partial charge on any atom is 0.162 e. The van der Waals surface area contributed by atoms with Crippen LogP contribution >= 0.6 is 0 Å². The van der Waals surface area contributed by atoms with Gasteiger partial charge in [-0.25, -0.2) is 9.40 Å². The van der Waals surface area contributed by atoms with E-state index in [0.29, 0.717) is 61.7 Å². The first-order valence-corrected chi connectivity index (χ1v) is 9.86. The van der Waals surface area contributed by atoms with Crippen molar-refractivity contribution in [2.45, 2.75) is 32.6 Å². The summed E-state index contributed by atoms with van der Waals surface area (Å²) in [6, 6.07) is 8.21. The second-order valence-corrected chi connectivity index (χ2v) is 8.57. The number of allylic oxidation sites excluding steroid dienone is 3. The number of nitriles is 1. The minimum Gasteiger partial charge on any atom is -0.383 e. The van der Waals surface area contributed by atoms with Gasteiger partial charge in [0.05, 0.1) is 30.8 Å². The van der Waals surface area contributed by atoms with E-state index in [0.717, 1.165) is 5.70 Å². The lowest BCUT2D eigenvalue weighted by atomic mass is 9.69. The molecule has 7 heteroatoms. The molecule has 0 unspecified atom stereocenters. The van der Waals surface area contributed by atoms with Crippen LogP contribution in [0.3, 0.4) is 0 Å². The standard InChI is InChI=1S/C22H25FN4O2/c1-22(2)11-17-20(18(28)12-22)19(14-3-5-15(23)6-4-14)16(13-24)21(25)27(17)26-7-9-29-10-8-26/h3-6,19H,7-12,25H2,1-2H3/t19-/m0/s1. The third kappa shape index (κ3) is 3.43. The zero-order valence-electron chi connectivity index (χ0n) is 16.7. The summed E-state index contributed by atoms with van der Waals surface area (Å²) in [4.78, 5) is 13.3. The molecular weight excluding hydrogens is 371 g/mol. The highest BCUT2D eigenvalue weighted by atomic mass is 19.1. The smallest absolute Gasteiger partial charge is 0.162 e. The summed E-state index contributed by atoms with van der Waals surface area (Å²) in [6.45, 7) is 6.52. The van der Waals surface area contributed by atoms with Gasteiger partial charge in [-0.2, -0.15) is 5.26 Å². The summed E-state index contributed by atoms with van der Waals surface area (Å²) in [5.74, 6) is -0.575. The zero-order valence-corrected chi connectivity index (χ0v) is 16.7. The highest BCUT2D eigenvalue weighted by Crippen LogP contribution is 2.49. The minimum absolute atomic E-state index is 0.0177. The Hall–Kier alpha value is -2.69. The Morgan fingerprint density at radius 2 is 1.86 bits per heavy atom. The van der Waals surface area contributed by atoms with Crippen LogP contribution in [0, 0.1) is 22.6 Å². The number of hydrazine groups is 1. The molecule has 1 aromatic carbocycles. The first-order chi connectivity index (χ1) is 13.8. The Labute approximate surface area is 170 Å². The van der Waals surface area contributed by atoms with E-state index < -0.39 is 5.92 Å². The molecule has 0 saturated carbocycles. The van der Waals surface area contributed by atoms with Gasteiger partial charge < -0.3 is 10.5 Å². The van der Waals surface area contributed by atoms with Gasteiger partial charge in [-0.05, 0) is 29.5 Å². The molecule has 0 bridgehead atoms. The van der Waals surface area contributed by atoms with Crippen molar-refractivity contribution < 1.29 is 13.9 Å². The lowest BCUT2D eigenvalue weighted by Crippen LogP contribution is -2.53. The third-order valence-corrected chi connectivity index (χ3v) is 5.83. The van der Waals surface area contributed by atoms with Gasteiger partial charge in [0.2, 0.25) is 0 Å². The molecule has 3 aliphatic rings. The maximum absolute atomic E-state index is 13.5. The van der Waals surface area contributed by atoms with Gasteiger partial charge >= 0.3 is 0 Å². The normalized spacial score (nSPS) is 25.1. The van der Waals surface area contributed by atoms with Gasteiger partial charge in [-0.3, -0.25) is 9.80 Å². The Morgan fingerprint density at radius 1 is 1.21 bits per heavy atom. The fourth-order valence-corrected chi connectivity index (χ4v) is 4.56. The van der Waals surface area contributed by atoms with E-state index in [1.54, 1.807) is 12.1 Å². The zero-order chi connectivity index (χ0) is 20.8. The summed E-state index contributed by atoms with van der Waals surface area (Å²) >= 11 is 0. The SMILES string of the molecule is CC1(C)CC(=O)C2=C(C1)N(N1CCOCC1)C(N)=C(C#N)[C@@H]2c1ccc(F)cc1. The average molecular weight is 396 g/mol. The van der Waals surface area contributed by atoms with E-state index in [1.165, 1.54) is 12.1 Å². The molecule has 2 N–H and O–H groups in total. The number of Topliss-reactive ketones (excluding diaryl/α,β-unsaturated/α-hetero) is 1. The summed E-state index contributed by atoms with van der Waals surface area (Å²) in [6.07, 6.45) is 1.07.